The highest BCUT2D eigenvalue weighted by molar-refractivity contribution is 9.10. The number of nitrogens with zero attached hydrogens (tertiary/aromatic N) is 1. The number of hydrogen-bond donors (Lipinski definition) is 1. The van der Waals surface area contributed by atoms with E-state index in [1.54, 1.807) is 0 Å². The molecule has 0 aliphatic heterocycles. The third kappa shape index (κ3) is 4.11. The summed E-state index contributed by atoms with van der Waals surface area (Å²) in [5, 5.41) is 4.95. The molecule has 0 bridgehead atoms. The fourth-order valence-electron chi connectivity index (χ4n) is 4.26. The van der Waals surface area contributed by atoms with E-state index < -0.39 is 0 Å². The van der Waals surface area contributed by atoms with Crippen molar-refractivity contribution in [2.24, 2.45) is 0 Å². The van der Waals surface area contributed by atoms with Crippen LogP contribution in [0, 0.1) is 0 Å². The summed E-state index contributed by atoms with van der Waals surface area (Å²) in [5.41, 5.74) is 5.60. The van der Waals surface area contributed by atoms with Crippen molar-refractivity contribution in [1.29, 1.82) is 0 Å². The minimum Gasteiger partial charge on any atom is -0.377 e. The number of fused-ring (bicyclic) bond motifs is 1. The van der Waals surface area contributed by atoms with E-state index in [4.69, 9.17) is 23.2 Å². The predicted octanol–water partition coefficient (Wildman–Crippen LogP) is 8.34. The molecule has 1 N–H and O–H groups in total. The van der Waals surface area contributed by atoms with Gasteiger partial charge in [-0.05, 0) is 72.6 Å². The molecule has 4 aromatic rings. The molecule has 0 radical (unpaired) electrons. The Morgan fingerprint density at radius 3 is 2.38 bits per heavy atom. The van der Waals surface area contributed by atoms with Crippen LogP contribution in [0.15, 0.2) is 83.3 Å². The van der Waals surface area contributed by atoms with Gasteiger partial charge in [0.05, 0.1) is 17.4 Å². The Kier molecular flexibility index (Phi) is 5.85. The number of halogens is 3. The van der Waals surface area contributed by atoms with Crippen molar-refractivity contribution in [1.82, 2.24) is 4.57 Å². The van der Waals surface area contributed by atoms with Crippen molar-refractivity contribution in [3.05, 3.63) is 105 Å². The van der Waals surface area contributed by atoms with E-state index in [0.717, 1.165) is 38.4 Å². The molecule has 0 saturated heterocycles. The number of aromatic nitrogens is 1. The van der Waals surface area contributed by atoms with Crippen LogP contribution in [0.2, 0.25) is 10.0 Å². The minimum absolute atomic E-state index is 0.0407. The van der Waals surface area contributed by atoms with Gasteiger partial charge in [0, 0.05) is 37.9 Å². The van der Waals surface area contributed by atoms with Gasteiger partial charge >= 0.3 is 0 Å². The van der Waals surface area contributed by atoms with Gasteiger partial charge in [0.15, 0.2) is 5.78 Å². The molecule has 0 spiro atoms. The molecule has 1 unspecified atom stereocenters. The van der Waals surface area contributed by atoms with Crippen molar-refractivity contribution in [3.8, 4) is 16.9 Å². The van der Waals surface area contributed by atoms with Gasteiger partial charge in [-0.15, -0.1) is 0 Å². The Balaban J connectivity index is 1.71. The number of carbonyl (C=O) groups is 1. The third-order valence-electron chi connectivity index (χ3n) is 5.72. The lowest BCUT2D eigenvalue weighted by Crippen LogP contribution is -2.23. The lowest BCUT2D eigenvalue weighted by atomic mass is 9.91. The van der Waals surface area contributed by atoms with Gasteiger partial charge < -0.3 is 9.88 Å². The minimum atomic E-state index is -0.0407. The van der Waals surface area contributed by atoms with Crippen molar-refractivity contribution >= 4 is 50.6 Å². The second-order valence-corrected chi connectivity index (χ2v) is 9.60. The molecule has 1 aliphatic carbocycles. The highest BCUT2D eigenvalue weighted by Gasteiger charge is 2.32. The number of hydrogen-bond acceptors (Lipinski definition) is 2. The maximum absolute atomic E-state index is 13.0. The van der Waals surface area contributed by atoms with Gasteiger partial charge in [-0.2, -0.15) is 0 Å². The van der Waals surface area contributed by atoms with Crippen molar-refractivity contribution in [2.45, 2.75) is 18.9 Å². The van der Waals surface area contributed by atoms with E-state index in [2.05, 4.69) is 37.9 Å². The van der Waals surface area contributed by atoms with Gasteiger partial charge in [-0.25, -0.2) is 0 Å². The summed E-state index contributed by atoms with van der Waals surface area (Å²) in [6.45, 7) is 0. The number of nitrogens with one attached hydrogen (secondary N) is 1. The largest absolute Gasteiger partial charge is 0.377 e. The lowest BCUT2D eigenvalue weighted by Gasteiger charge is -2.27. The predicted molar refractivity (Wildman–Crippen MR) is 135 cm³/mol. The first kappa shape index (κ1) is 21.3. The molecule has 160 valence electrons. The normalized spacial score (nSPS) is 15.5. The molecule has 1 heterocycles. The van der Waals surface area contributed by atoms with E-state index >= 15 is 0 Å². The van der Waals surface area contributed by atoms with Crippen LogP contribution in [0.25, 0.3) is 16.9 Å². The topological polar surface area (TPSA) is 34.0 Å². The van der Waals surface area contributed by atoms with Crippen LogP contribution in [0.4, 0.5) is 5.69 Å². The molecule has 6 heteroatoms. The quantitative estimate of drug-likeness (QED) is 0.290. The molecule has 0 amide bonds. The van der Waals surface area contributed by atoms with Crippen molar-refractivity contribution < 1.29 is 4.79 Å². The fraction of sp³-hybridized carbons (Fsp3) is 0.115. The van der Waals surface area contributed by atoms with E-state index in [1.165, 1.54) is 0 Å². The summed E-state index contributed by atoms with van der Waals surface area (Å²) in [5.74, 6) is 0.162. The van der Waals surface area contributed by atoms with Crippen LogP contribution in [0.1, 0.15) is 34.9 Å². The van der Waals surface area contributed by atoms with Gasteiger partial charge in [-0.3, -0.25) is 4.79 Å². The molecular formula is C26H19BrCl2N2O. The summed E-state index contributed by atoms with van der Waals surface area (Å²) in [7, 11) is 0. The Bertz CT molecular complexity index is 1300. The summed E-state index contributed by atoms with van der Waals surface area (Å²) in [4.78, 5) is 13.0. The van der Waals surface area contributed by atoms with E-state index in [1.807, 2.05) is 66.7 Å². The number of ketones is 1. The zero-order chi connectivity index (χ0) is 22.2. The summed E-state index contributed by atoms with van der Waals surface area (Å²) < 4.78 is 3.18. The average molecular weight is 526 g/mol. The molecule has 1 atom stereocenters. The van der Waals surface area contributed by atoms with Gasteiger partial charge in [0.25, 0.3) is 0 Å². The molecule has 1 aromatic heterocycles. The number of carbonyl (C=O) groups excluding carboxylic acids is 1. The number of Topliss-reactive ketones (excluding diaryl/α,β-unsaturated/α-hetero) is 1. The molecule has 5 rings (SSSR count). The first-order valence-electron chi connectivity index (χ1n) is 10.3. The zero-order valence-corrected chi connectivity index (χ0v) is 20.1. The first-order valence-corrected chi connectivity index (χ1v) is 11.9. The number of benzene rings is 3. The summed E-state index contributed by atoms with van der Waals surface area (Å²) in [6.07, 6.45) is 1.20. The highest BCUT2D eigenvalue weighted by Crippen LogP contribution is 2.40. The smallest absolute Gasteiger partial charge is 0.164 e. The second kappa shape index (κ2) is 8.78. The van der Waals surface area contributed by atoms with Gasteiger partial charge in [0.1, 0.15) is 0 Å². The lowest BCUT2D eigenvalue weighted by molar-refractivity contribution is 0.0968. The Morgan fingerprint density at radius 2 is 1.66 bits per heavy atom. The molecule has 1 aliphatic rings. The standard InChI is InChI=1S/C26H19BrCl2N2O/c27-17-6-4-16(5-7-17)24-15-22-25(32)13-12-23(30-20-3-1-2-19(29)14-20)26(22)31(24)21-10-8-18(28)9-11-21/h1-11,14-15,23,30H,12-13H2. The molecule has 0 saturated carbocycles. The number of anilines is 1. The van der Waals surface area contributed by atoms with Crippen LogP contribution >= 0.6 is 39.1 Å². The van der Waals surface area contributed by atoms with Crippen LogP contribution < -0.4 is 5.32 Å². The maximum atomic E-state index is 13.0. The Hall–Kier alpha value is -2.53. The summed E-state index contributed by atoms with van der Waals surface area (Å²) in [6, 6.07) is 25.5. The van der Waals surface area contributed by atoms with E-state index in [-0.39, 0.29) is 11.8 Å². The molecular weight excluding hydrogens is 507 g/mol. The van der Waals surface area contributed by atoms with Gasteiger partial charge in [-0.1, -0.05) is 57.3 Å². The average Bonchev–Trinajstić information content (AvgIpc) is 3.19. The molecule has 0 fully saturated rings. The van der Waals surface area contributed by atoms with Gasteiger partial charge in [0.2, 0.25) is 0 Å². The molecule has 3 nitrogen and oxygen atoms in total. The van der Waals surface area contributed by atoms with E-state index in [0.29, 0.717) is 22.9 Å². The van der Waals surface area contributed by atoms with Crippen LogP contribution in [-0.2, 0) is 0 Å². The second-order valence-electron chi connectivity index (χ2n) is 7.82. The SMILES string of the molecule is O=C1CCC(Nc2cccc(Cl)c2)c2c1cc(-c1ccc(Br)cc1)n2-c1ccc(Cl)cc1. The molecule has 3 aromatic carbocycles. The summed E-state index contributed by atoms with van der Waals surface area (Å²) >= 11 is 15.9. The molecule has 32 heavy (non-hydrogen) atoms. The van der Waals surface area contributed by atoms with Crippen LogP contribution in [-0.4, -0.2) is 10.4 Å². The Labute approximate surface area is 205 Å². The van der Waals surface area contributed by atoms with Crippen molar-refractivity contribution in [2.75, 3.05) is 5.32 Å². The van der Waals surface area contributed by atoms with Crippen molar-refractivity contribution in [3.63, 3.8) is 0 Å². The van der Waals surface area contributed by atoms with E-state index in [9.17, 15) is 4.79 Å². The van der Waals surface area contributed by atoms with Crippen LogP contribution in [0.5, 0.6) is 0 Å². The fourth-order valence-corrected chi connectivity index (χ4v) is 4.84. The highest BCUT2D eigenvalue weighted by atomic mass is 79.9. The maximum Gasteiger partial charge on any atom is 0.164 e. The number of rotatable bonds is 4. The monoisotopic (exact) mass is 524 g/mol. The Morgan fingerprint density at radius 1 is 0.906 bits per heavy atom. The van der Waals surface area contributed by atoms with Crippen LogP contribution in [0.3, 0.4) is 0 Å². The first-order chi connectivity index (χ1) is 15.5. The third-order valence-corrected chi connectivity index (χ3v) is 6.74. The zero-order valence-electron chi connectivity index (χ0n) is 17.0.